The number of hydrogen-bond donors (Lipinski definition) is 0. The molecule has 1 aromatic rings. The Labute approximate surface area is 74.1 Å². The Morgan fingerprint density at radius 3 is 2.82 bits per heavy atom. The van der Waals surface area contributed by atoms with E-state index in [9.17, 15) is 0 Å². The molecule has 1 fully saturated rings. The molecule has 0 bridgehead atoms. The molecule has 60 valence electrons. The van der Waals surface area contributed by atoms with Crippen molar-refractivity contribution in [2.75, 3.05) is 0 Å². The third kappa shape index (κ3) is 1.48. The van der Waals surface area contributed by atoms with Gasteiger partial charge in [-0.05, 0) is 48.0 Å². The van der Waals surface area contributed by atoms with Crippen LogP contribution in [0, 0.1) is 12.8 Å². The van der Waals surface area contributed by atoms with Crippen molar-refractivity contribution in [1.29, 1.82) is 0 Å². The van der Waals surface area contributed by atoms with Gasteiger partial charge >= 0.3 is 0 Å². The van der Waals surface area contributed by atoms with Gasteiger partial charge in [-0.1, -0.05) is 5.16 Å². The smallest absolute Gasteiger partial charge is 0.205 e. The summed E-state index contributed by atoms with van der Waals surface area (Å²) in [4.78, 5) is 0. The van der Waals surface area contributed by atoms with E-state index >= 15 is 0 Å². The molecule has 0 radical (unpaired) electrons. The molecule has 0 aromatic carbocycles. The first-order chi connectivity index (χ1) is 5.27. The Bertz CT molecular complexity index is 246. The number of halogens is 1. The standard InChI is InChI=1S/C8H10BrNO/c1-5-7(4-6-2-3-6)8(9)11-10-5/h6H,2-4H2,1H3. The van der Waals surface area contributed by atoms with E-state index in [1.807, 2.05) is 6.92 Å². The van der Waals surface area contributed by atoms with Gasteiger partial charge in [0.2, 0.25) is 4.67 Å². The van der Waals surface area contributed by atoms with Crippen LogP contribution in [0.25, 0.3) is 0 Å². The van der Waals surface area contributed by atoms with Gasteiger partial charge in [-0.2, -0.15) is 0 Å². The second kappa shape index (κ2) is 2.63. The fourth-order valence-electron chi connectivity index (χ4n) is 1.20. The zero-order chi connectivity index (χ0) is 7.84. The molecule has 1 aliphatic carbocycles. The quantitative estimate of drug-likeness (QED) is 0.759. The normalized spacial score (nSPS) is 17.3. The first kappa shape index (κ1) is 7.35. The van der Waals surface area contributed by atoms with Crippen molar-refractivity contribution in [3.63, 3.8) is 0 Å². The summed E-state index contributed by atoms with van der Waals surface area (Å²) < 4.78 is 5.81. The second-order valence-electron chi connectivity index (χ2n) is 3.17. The first-order valence-electron chi connectivity index (χ1n) is 3.88. The monoisotopic (exact) mass is 215 g/mol. The fraction of sp³-hybridized carbons (Fsp3) is 0.625. The summed E-state index contributed by atoms with van der Waals surface area (Å²) in [7, 11) is 0. The fourth-order valence-corrected chi connectivity index (χ4v) is 1.72. The van der Waals surface area contributed by atoms with Gasteiger partial charge in [0.25, 0.3) is 0 Å². The maximum Gasteiger partial charge on any atom is 0.205 e. The number of hydrogen-bond acceptors (Lipinski definition) is 2. The summed E-state index contributed by atoms with van der Waals surface area (Å²) in [5, 5.41) is 3.88. The molecule has 1 aromatic heterocycles. The molecule has 0 amide bonds. The van der Waals surface area contributed by atoms with Crippen LogP contribution in [-0.2, 0) is 6.42 Å². The van der Waals surface area contributed by atoms with Crippen LogP contribution in [0.4, 0.5) is 0 Å². The molecule has 0 atom stereocenters. The molecule has 0 saturated heterocycles. The molecule has 3 heteroatoms. The summed E-state index contributed by atoms with van der Waals surface area (Å²) >= 11 is 3.34. The van der Waals surface area contributed by atoms with E-state index in [1.165, 1.54) is 18.4 Å². The van der Waals surface area contributed by atoms with Crippen LogP contribution in [0.1, 0.15) is 24.1 Å². The molecule has 0 spiro atoms. The van der Waals surface area contributed by atoms with Crippen LogP contribution in [0.3, 0.4) is 0 Å². The van der Waals surface area contributed by atoms with E-state index in [0.29, 0.717) is 0 Å². The van der Waals surface area contributed by atoms with Crippen molar-refractivity contribution in [1.82, 2.24) is 5.16 Å². The maximum absolute atomic E-state index is 4.99. The van der Waals surface area contributed by atoms with E-state index in [4.69, 9.17) is 4.52 Å². The molecule has 0 aliphatic heterocycles. The lowest BCUT2D eigenvalue weighted by atomic mass is 10.1. The minimum absolute atomic E-state index is 0.821. The average molecular weight is 216 g/mol. The lowest BCUT2D eigenvalue weighted by Gasteiger charge is -1.93. The van der Waals surface area contributed by atoms with Crippen molar-refractivity contribution in [2.24, 2.45) is 5.92 Å². The van der Waals surface area contributed by atoms with Crippen molar-refractivity contribution in [2.45, 2.75) is 26.2 Å². The Morgan fingerprint density at radius 2 is 2.36 bits per heavy atom. The lowest BCUT2D eigenvalue weighted by molar-refractivity contribution is 0.394. The molecule has 11 heavy (non-hydrogen) atoms. The summed E-state index contributed by atoms with van der Waals surface area (Å²) in [5.74, 6) is 0.893. The van der Waals surface area contributed by atoms with E-state index in [2.05, 4.69) is 21.1 Å². The highest BCUT2D eigenvalue weighted by molar-refractivity contribution is 9.10. The van der Waals surface area contributed by atoms with E-state index in [0.717, 1.165) is 22.7 Å². The third-order valence-electron chi connectivity index (χ3n) is 2.13. The number of aryl methyl sites for hydroxylation is 1. The van der Waals surface area contributed by atoms with Crippen molar-refractivity contribution in [3.8, 4) is 0 Å². The Kier molecular flexibility index (Phi) is 1.75. The molecule has 1 saturated carbocycles. The molecule has 1 aliphatic rings. The molecule has 0 unspecified atom stereocenters. The molecular formula is C8H10BrNO. The minimum atomic E-state index is 0.821. The van der Waals surface area contributed by atoms with E-state index in [1.54, 1.807) is 0 Å². The summed E-state index contributed by atoms with van der Waals surface area (Å²) in [6.45, 7) is 1.99. The van der Waals surface area contributed by atoms with Gasteiger partial charge in [-0.15, -0.1) is 0 Å². The van der Waals surface area contributed by atoms with Crippen molar-refractivity contribution < 1.29 is 4.52 Å². The molecular weight excluding hydrogens is 206 g/mol. The van der Waals surface area contributed by atoms with Crippen molar-refractivity contribution in [3.05, 3.63) is 15.9 Å². The molecule has 2 rings (SSSR count). The van der Waals surface area contributed by atoms with Crippen LogP contribution in [0.5, 0.6) is 0 Å². The predicted molar refractivity (Wildman–Crippen MR) is 45.4 cm³/mol. The highest BCUT2D eigenvalue weighted by Crippen LogP contribution is 2.35. The van der Waals surface area contributed by atoms with Crippen LogP contribution < -0.4 is 0 Å². The number of nitrogens with zero attached hydrogens (tertiary/aromatic N) is 1. The molecule has 0 N–H and O–H groups in total. The van der Waals surface area contributed by atoms with Crippen molar-refractivity contribution >= 4 is 15.9 Å². The maximum atomic E-state index is 4.99. The number of rotatable bonds is 2. The van der Waals surface area contributed by atoms with Crippen LogP contribution in [0.15, 0.2) is 9.19 Å². The van der Waals surface area contributed by atoms with Gasteiger partial charge < -0.3 is 4.52 Å². The van der Waals surface area contributed by atoms with Gasteiger partial charge in [0, 0.05) is 5.56 Å². The SMILES string of the molecule is Cc1noc(Br)c1CC1CC1. The summed E-state index contributed by atoms with van der Waals surface area (Å²) in [6, 6.07) is 0. The first-order valence-corrected chi connectivity index (χ1v) is 4.67. The largest absolute Gasteiger partial charge is 0.349 e. The van der Waals surface area contributed by atoms with Crippen LogP contribution >= 0.6 is 15.9 Å². The highest BCUT2D eigenvalue weighted by atomic mass is 79.9. The lowest BCUT2D eigenvalue weighted by Crippen LogP contribution is -1.88. The average Bonchev–Trinajstić information content (AvgIpc) is 2.73. The molecule has 1 heterocycles. The summed E-state index contributed by atoms with van der Waals surface area (Å²) in [6.07, 6.45) is 3.88. The Balaban J connectivity index is 2.19. The van der Waals surface area contributed by atoms with Gasteiger partial charge in [0.15, 0.2) is 0 Å². The van der Waals surface area contributed by atoms with Crippen LogP contribution in [0.2, 0.25) is 0 Å². The zero-order valence-electron chi connectivity index (χ0n) is 6.43. The van der Waals surface area contributed by atoms with Gasteiger partial charge in [0.1, 0.15) is 0 Å². The number of aromatic nitrogens is 1. The second-order valence-corrected chi connectivity index (χ2v) is 3.89. The topological polar surface area (TPSA) is 26.0 Å². The van der Waals surface area contributed by atoms with Gasteiger partial charge in [0.05, 0.1) is 5.69 Å². The van der Waals surface area contributed by atoms with E-state index < -0.39 is 0 Å². The van der Waals surface area contributed by atoms with Crippen LogP contribution in [-0.4, -0.2) is 5.16 Å². The zero-order valence-corrected chi connectivity index (χ0v) is 8.02. The Morgan fingerprint density at radius 1 is 1.64 bits per heavy atom. The summed E-state index contributed by atoms with van der Waals surface area (Å²) in [5.41, 5.74) is 2.29. The van der Waals surface area contributed by atoms with Gasteiger partial charge in [-0.3, -0.25) is 0 Å². The minimum Gasteiger partial charge on any atom is -0.349 e. The Hall–Kier alpha value is -0.310. The van der Waals surface area contributed by atoms with Gasteiger partial charge in [-0.25, -0.2) is 0 Å². The van der Waals surface area contributed by atoms with E-state index in [-0.39, 0.29) is 0 Å². The highest BCUT2D eigenvalue weighted by Gasteiger charge is 2.24. The molecule has 2 nitrogen and oxygen atoms in total. The predicted octanol–water partition coefficient (Wildman–Crippen LogP) is 2.70. The third-order valence-corrected chi connectivity index (χ3v) is 2.75.